The molecule has 1 aliphatic carbocycles. The van der Waals surface area contributed by atoms with Gasteiger partial charge in [-0.2, -0.15) is 5.10 Å². The Kier molecular flexibility index (Phi) is 3.91. The predicted molar refractivity (Wildman–Crippen MR) is 94.1 cm³/mol. The number of aromatic nitrogens is 2. The zero-order chi connectivity index (χ0) is 16.7. The number of hydrogen-bond donors (Lipinski definition) is 0. The molecule has 126 valence electrons. The van der Waals surface area contributed by atoms with Crippen molar-refractivity contribution in [2.75, 3.05) is 13.1 Å². The van der Waals surface area contributed by atoms with Crippen LogP contribution in [0, 0.1) is 13.8 Å². The zero-order valence-corrected chi connectivity index (χ0v) is 14.5. The highest BCUT2D eigenvalue weighted by Crippen LogP contribution is 2.35. The Hall–Kier alpha value is -2.10. The van der Waals surface area contributed by atoms with Crippen LogP contribution in [0.3, 0.4) is 0 Å². The van der Waals surface area contributed by atoms with Crippen molar-refractivity contribution in [3.63, 3.8) is 0 Å². The number of carbonyl (C=O) groups excluding carboxylic acids is 1. The molecule has 0 unspecified atom stereocenters. The molecule has 1 fully saturated rings. The lowest BCUT2D eigenvalue weighted by Gasteiger charge is -2.35. The maximum atomic E-state index is 13.1. The van der Waals surface area contributed by atoms with E-state index in [4.69, 9.17) is 0 Å². The van der Waals surface area contributed by atoms with Gasteiger partial charge >= 0.3 is 0 Å². The van der Waals surface area contributed by atoms with Crippen LogP contribution in [0.2, 0.25) is 0 Å². The van der Waals surface area contributed by atoms with Gasteiger partial charge in [0, 0.05) is 18.8 Å². The van der Waals surface area contributed by atoms with E-state index in [1.807, 2.05) is 6.92 Å². The molecule has 1 aliphatic heterocycles. The molecule has 1 aromatic heterocycles. The van der Waals surface area contributed by atoms with E-state index in [-0.39, 0.29) is 5.92 Å². The summed E-state index contributed by atoms with van der Waals surface area (Å²) in [6.45, 7) is 5.81. The summed E-state index contributed by atoms with van der Waals surface area (Å²) < 4.78 is 2.12. The predicted octanol–water partition coefficient (Wildman–Crippen LogP) is 3.39. The lowest BCUT2D eigenvalue weighted by molar-refractivity contribution is -0.134. The number of likely N-dealkylation sites (tertiary alicyclic amines) is 1. The van der Waals surface area contributed by atoms with E-state index in [9.17, 15) is 4.79 Å². The van der Waals surface area contributed by atoms with Crippen LogP contribution < -0.4 is 0 Å². The summed E-state index contributed by atoms with van der Waals surface area (Å²) in [7, 11) is 0. The number of hydrogen-bond acceptors (Lipinski definition) is 2. The van der Waals surface area contributed by atoms with Crippen LogP contribution in [0.4, 0.5) is 0 Å². The van der Waals surface area contributed by atoms with Gasteiger partial charge in [-0.25, -0.2) is 0 Å². The molecular formula is C20H25N3O. The third-order valence-electron chi connectivity index (χ3n) is 5.53. The van der Waals surface area contributed by atoms with E-state index in [0.29, 0.717) is 11.9 Å². The maximum absolute atomic E-state index is 13.1. The van der Waals surface area contributed by atoms with Gasteiger partial charge in [-0.1, -0.05) is 24.3 Å². The Morgan fingerprint density at radius 2 is 2.04 bits per heavy atom. The average molecular weight is 323 g/mol. The minimum absolute atomic E-state index is 0.0559. The van der Waals surface area contributed by atoms with E-state index in [0.717, 1.165) is 44.5 Å². The first-order chi connectivity index (χ1) is 11.6. The summed E-state index contributed by atoms with van der Waals surface area (Å²) in [5.74, 6) is 0.367. The summed E-state index contributed by atoms with van der Waals surface area (Å²) in [4.78, 5) is 15.2. The van der Waals surface area contributed by atoms with Gasteiger partial charge in [0.15, 0.2) is 0 Å². The highest BCUT2D eigenvalue weighted by Gasteiger charge is 2.34. The number of fused-ring (bicyclic) bond motifs is 1. The number of rotatable bonds is 2. The van der Waals surface area contributed by atoms with Crippen molar-refractivity contribution >= 4 is 5.91 Å². The standard InChI is InChI=1S/C20H25N3O/c1-14-12-15(2)23(21-14)17-7-5-11-22(13-17)20(24)19-10-9-16-6-3-4-8-18(16)19/h3-4,6,8,12,17,19H,5,7,9-11,13H2,1-2H3/t17-,19-/m0/s1. The molecule has 1 amide bonds. The molecule has 0 bridgehead atoms. The normalized spacial score (nSPS) is 23.3. The number of benzene rings is 1. The monoisotopic (exact) mass is 323 g/mol. The quantitative estimate of drug-likeness (QED) is 0.849. The minimum atomic E-state index is 0.0559. The highest BCUT2D eigenvalue weighted by atomic mass is 16.2. The van der Waals surface area contributed by atoms with Crippen molar-refractivity contribution in [1.82, 2.24) is 14.7 Å². The summed E-state index contributed by atoms with van der Waals surface area (Å²) >= 11 is 0. The van der Waals surface area contributed by atoms with Crippen molar-refractivity contribution < 1.29 is 4.79 Å². The molecule has 2 heterocycles. The minimum Gasteiger partial charge on any atom is -0.340 e. The van der Waals surface area contributed by atoms with E-state index in [2.05, 4.69) is 51.9 Å². The summed E-state index contributed by atoms with van der Waals surface area (Å²) in [6, 6.07) is 10.9. The first-order valence-electron chi connectivity index (χ1n) is 9.03. The second kappa shape index (κ2) is 6.08. The largest absolute Gasteiger partial charge is 0.340 e. The molecule has 0 spiro atoms. The molecule has 2 aromatic rings. The van der Waals surface area contributed by atoms with Crippen molar-refractivity contribution in [3.05, 3.63) is 52.8 Å². The van der Waals surface area contributed by atoms with Crippen LogP contribution in [0.25, 0.3) is 0 Å². The third kappa shape index (κ3) is 2.64. The average Bonchev–Trinajstić information content (AvgIpc) is 3.17. The second-order valence-corrected chi connectivity index (χ2v) is 7.24. The lowest BCUT2D eigenvalue weighted by atomic mass is 9.97. The molecule has 0 saturated carbocycles. The van der Waals surface area contributed by atoms with Crippen molar-refractivity contribution in [2.24, 2.45) is 0 Å². The van der Waals surface area contributed by atoms with Gasteiger partial charge in [0.05, 0.1) is 17.7 Å². The van der Waals surface area contributed by atoms with Gasteiger partial charge in [0.1, 0.15) is 0 Å². The molecule has 2 atom stereocenters. The first kappa shape index (κ1) is 15.4. The van der Waals surface area contributed by atoms with Crippen LogP contribution in [-0.2, 0) is 11.2 Å². The van der Waals surface area contributed by atoms with Crippen LogP contribution in [0.15, 0.2) is 30.3 Å². The number of piperidine rings is 1. The van der Waals surface area contributed by atoms with Crippen molar-refractivity contribution in [1.29, 1.82) is 0 Å². The first-order valence-corrected chi connectivity index (χ1v) is 9.03. The fourth-order valence-corrected chi connectivity index (χ4v) is 4.40. The molecule has 4 heteroatoms. The van der Waals surface area contributed by atoms with Gasteiger partial charge in [-0.05, 0) is 56.7 Å². The SMILES string of the molecule is Cc1cc(C)n([C@H]2CCCN(C(=O)[C@H]3CCc4ccccc43)C2)n1. The Morgan fingerprint density at radius 3 is 2.83 bits per heavy atom. The van der Waals surface area contributed by atoms with Crippen LogP contribution in [0.5, 0.6) is 0 Å². The molecule has 1 saturated heterocycles. The zero-order valence-electron chi connectivity index (χ0n) is 14.5. The number of aryl methyl sites for hydroxylation is 3. The molecule has 0 radical (unpaired) electrons. The van der Waals surface area contributed by atoms with Gasteiger partial charge in [0.25, 0.3) is 0 Å². The molecule has 2 aliphatic rings. The van der Waals surface area contributed by atoms with Crippen LogP contribution in [0.1, 0.15) is 53.7 Å². The molecular weight excluding hydrogens is 298 g/mol. The van der Waals surface area contributed by atoms with Crippen molar-refractivity contribution in [2.45, 2.75) is 51.5 Å². The summed E-state index contributed by atoms with van der Waals surface area (Å²) in [5.41, 5.74) is 4.84. The van der Waals surface area contributed by atoms with Crippen LogP contribution in [-0.4, -0.2) is 33.7 Å². The van der Waals surface area contributed by atoms with E-state index in [1.165, 1.54) is 16.8 Å². The smallest absolute Gasteiger partial charge is 0.230 e. The summed E-state index contributed by atoms with van der Waals surface area (Å²) in [5, 5.41) is 4.64. The molecule has 1 aromatic carbocycles. The van der Waals surface area contributed by atoms with Gasteiger partial charge in [-0.3, -0.25) is 9.48 Å². The van der Waals surface area contributed by atoms with E-state index in [1.54, 1.807) is 0 Å². The fourth-order valence-electron chi connectivity index (χ4n) is 4.40. The lowest BCUT2D eigenvalue weighted by Crippen LogP contribution is -2.43. The Bertz CT molecular complexity index is 764. The number of carbonyl (C=O) groups is 1. The molecule has 24 heavy (non-hydrogen) atoms. The summed E-state index contributed by atoms with van der Waals surface area (Å²) in [6.07, 6.45) is 4.15. The van der Waals surface area contributed by atoms with E-state index < -0.39 is 0 Å². The van der Waals surface area contributed by atoms with E-state index >= 15 is 0 Å². The van der Waals surface area contributed by atoms with Crippen molar-refractivity contribution in [3.8, 4) is 0 Å². The Labute approximate surface area is 143 Å². The van der Waals surface area contributed by atoms with Crippen LogP contribution >= 0.6 is 0 Å². The Balaban J connectivity index is 1.52. The van der Waals surface area contributed by atoms with Gasteiger partial charge in [-0.15, -0.1) is 0 Å². The highest BCUT2D eigenvalue weighted by molar-refractivity contribution is 5.85. The third-order valence-corrected chi connectivity index (χ3v) is 5.53. The fraction of sp³-hybridized carbons (Fsp3) is 0.500. The second-order valence-electron chi connectivity index (χ2n) is 7.24. The number of nitrogens with zero attached hydrogens (tertiary/aromatic N) is 3. The molecule has 4 rings (SSSR count). The molecule has 4 nitrogen and oxygen atoms in total. The topological polar surface area (TPSA) is 38.1 Å². The maximum Gasteiger partial charge on any atom is 0.230 e. The van der Waals surface area contributed by atoms with Gasteiger partial charge in [0.2, 0.25) is 5.91 Å². The van der Waals surface area contributed by atoms with Gasteiger partial charge < -0.3 is 4.90 Å². The molecule has 0 N–H and O–H groups in total. The number of amides is 1. The Morgan fingerprint density at radius 1 is 1.21 bits per heavy atom.